The highest BCUT2D eigenvalue weighted by Gasteiger charge is 2.12. The summed E-state index contributed by atoms with van der Waals surface area (Å²) in [5.74, 6) is 3.33. The lowest BCUT2D eigenvalue weighted by Gasteiger charge is -2.13. The number of aromatic nitrogens is 1. The molecule has 0 atom stereocenters. The van der Waals surface area contributed by atoms with Gasteiger partial charge in [0.15, 0.2) is 11.5 Å². The van der Waals surface area contributed by atoms with Gasteiger partial charge in [-0.25, -0.2) is 4.98 Å². The normalized spacial score (nSPS) is 10.6. The molecule has 6 heteroatoms. The number of pyridine rings is 1. The standard InChI is InChI=1S/C23H24N2O4/c1-26-19-11-9-18(10-12-19)25-23-17(6-5-13-24-23)8-7-16-14-20(27-2)22(29-4)21(15-16)28-3/h5-15H,1-4H3,(H,24,25)/b8-7-. The molecule has 1 aromatic heterocycles. The van der Waals surface area contributed by atoms with Crippen LogP contribution in [0.25, 0.3) is 12.2 Å². The van der Waals surface area contributed by atoms with Crippen molar-refractivity contribution in [3.63, 3.8) is 0 Å². The minimum absolute atomic E-state index is 0.565. The number of hydrogen-bond donors (Lipinski definition) is 1. The molecule has 1 N–H and O–H groups in total. The molecule has 0 amide bonds. The van der Waals surface area contributed by atoms with Crippen molar-refractivity contribution in [2.45, 2.75) is 0 Å². The molecule has 0 saturated heterocycles. The third-order valence-electron chi connectivity index (χ3n) is 4.33. The van der Waals surface area contributed by atoms with Gasteiger partial charge in [-0.1, -0.05) is 12.2 Å². The van der Waals surface area contributed by atoms with Gasteiger partial charge in [0.25, 0.3) is 0 Å². The van der Waals surface area contributed by atoms with Gasteiger partial charge in [-0.2, -0.15) is 0 Å². The molecule has 0 spiro atoms. The smallest absolute Gasteiger partial charge is 0.203 e. The first-order chi connectivity index (χ1) is 14.2. The largest absolute Gasteiger partial charge is 0.497 e. The Hall–Kier alpha value is -3.67. The van der Waals surface area contributed by atoms with E-state index in [1.54, 1.807) is 34.6 Å². The number of methoxy groups -OCH3 is 4. The Bertz CT molecular complexity index is 959. The Morgan fingerprint density at radius 1 is 0.793 bits per heavy atom. The minimum Gasteiger partial charge on any atom is -0.497 e. The van der Waals surface area contributed by atoms with E-state index in [9.17, 15) is 0 Å². The molecule has 6 nitrogen and oxygen atoms in total. The second-order valence-corrected chi connectivity index (χ2v) is 6.09. The fraction of sp³-hybridized carbons (Fsp3) is 0.174. The first-order valence-electron chi connectivity index (χ1n) is 9.02. The van der Waals surface area contributed by atoms with Gasteiger partial charge in [-0.15, -0.1) is 0 Å². The number of benzene rings is 2. The van der Waals surface area contributed by atoms with Crippen molar-refractivity contribution in [3.05, 3.63) is 65.9 Å². The van der Waals surface area contributed by atoms with Crippen LogP contribution in [0.4, 0.5) is 11.5 Å². The quantitative estimate of drug-likeness (QED) is 0.580. The van der Waals surface area contributed by atoms with Gasteiger partial charge in [0.05, 0.1) is 28.4 Å². The van der Waals surface area contributed by atoms with Crippen LogP contribution >= 0.6 is 0 Å². The maximum atomic E-state index is 5.42. The van der Waals surface area contributed by atoms with Crippen LogP contribution in [0.5, 0.6) is 23.0 Å². The summed E-state index contributed by atoms with van der Waals surface area (Å²) in [6.45, 7) is 0. The number of nitrogens with one attached hydrogen (secondary N) is 1. The van der Waals surface area contributed by atoms with E-state index < -0.39 is 0 Å². The zero-order chi connectivity index (χ0) is 20.6. The SMILES string of the molecule is COc1ccc(Nc2ncccc2/C=C\c2cc(OC)c(OC)c(OC)c2)cc1. The first-order valence-corrected chi connectivity index (χ1v) is 9.02. The Balaban J connectivity index is 1.87. The summed E-state index contributed by atoms with van der Waals surface area (Å²) in [5, 5.41) is 3.34. The van der Waals surface area contributed by atoms with Crippen LogP contribution in [0.15, 0.2) is 54.7 Å². The molecule has 150 valence electrons. The van der Waals surface area contributed by atoms with E-state index >= 15 is 0 Å². The summed E-state index contributed by atoms with van der Waals surface area (Å²) >= 11 is 0. The van der Waals surface area contributed by atoms with Crippen LogP contribution in [0.1, 0.15) is 11.1 Å². The molecule has 0 radical (unpaired) electrons. The Labute approximate surface area is 170 Å². The van der Waals surface area contributed by atoms with E-state index in [0.717, 1.165) is 28.4 Å². The predicted octanol–water partition coefficient (Wildman–Crippen LogP) is 5.03. The highest BCUT2D eigenvalue weighted by Crippen LogP contribution is 2.38. The van der Waals surface area contributed by atoms with Crippen molar-refractivity contribution in [2.24, 2.45) is 0 Å². The van der Waals surface area contributed by atoms with Crippen LogP contribution in [0, 0.1) is 0 Å². The summed E-state index contributed by atoms with van der Waals surface area (Å²) in [5.41, 5.74) is 2.78. The van der Waals surface area contributed by atoms with Crippen molar-refractivity contribution in [1.29, 1.82) is 0 Å². The summed E-state index contributed by atoms with van der Waals surface area (Å²) in [6.07, 6.45) is 5.71. The van der Waals surface area contributed by atoms with Crippen LogP contribution in [0.2, 0.25) is 0 Å². The van der Waals surface area contributed by atoms with E-state index in [2.05, 4.69) is 10.3 Å². The van der Waals surface area contributed by atoms with Gasteiger partial charge >= 0.3 is 0 Å². The fourth-order valence-electron chi connectivity index (χ4n) is 2.85. The fourth-order valence-corrected chi connectivity index (χ4v) is 2.85. The van der Waals surface area contributed by atoms with Crippen molar-refractivity contribution >= 4 is 23.7 Å². The second-order valence-electron chi connectivity index (χ2n) is 6.09. The molecular formula is C23H24N2O4. The molecule has 0 saturated carbocycles. The number of anilines is 2. The van der Waals surface area contributed by atoms with Gasteiger partial charge in [0.1, 0.15) is 11.6 Å². The molecule has 0 bridgehead atoms. The Kier molecular flexibility index (Phi) is 6.58. The van der Waals surface area contributed by atoms with Gasteiger partial charge in [0, 0.05) is 17.4 Å². The first kappa shape index (κ1) is 20.1. The van der Waals surface area contributed by atoms with Gasteiger partial charge < -0.3 is 24.3 Å². The maximum absolute atomic E-state index is 5.42. The lowest BCUT2D eigenvalue weighted by Crippen LogP contribution is -1.96. The summed E-state index contributed by atoms with van der Waals surface area (Å²) in [6, 6.07) is 15.4. The summed E-state index contributed by atoms with van der Waals surface area (Å²) < 4.78 is 21.4. The van der Waals surface area contributed by atoms with Gasteiger partial charge in [-0.05, 0) is 54.1 Å². The highest BCUT2D eigenvalue weighted by atomic mass is 16.5. The van der Waals surface area contributed by atoms with E-state index in [1.807, 2.05) is 60.7 Å². The molecule has 2 aromatic carbocycles. The van der Waals surface area contributed by atoms with Crippen LogP contribution in [-0.4, -0.2) is 33.4 Å². The third kappa shape index (κ3) is 4.79. The molecule has 0 fully saturated rings. The van der Waals surface area contributed by atoms with E-state index in [1.165, 1.54) is 0 Å². The molecule has 1 heterocycles. The molecule has 29 heavy (non-hydrogen) atoms. The minimum atomic E-state index is 0.565. The molecule has 3 aromatic rings. The average Bonchev–Trinajstić information content (AvgIpc) is 2.78. The van der Waals surface area contributed by atoms with Crippen LogP contribution in [-0.2, 0) is 0 Å². The molecule has 0 aliphatic heterocycles. The maximum Gasteiger partial charge on any atom is 0.203 e. The van der Waals surface area contributed by atoms with Crippen LogP contribution < -0.4 is 24.3 Å². The zero-order valence-corrected chi connectivity index (χ0v) is 16.9. The van der Waals surface area contributed by atoms with Gasteiger partial charge in [-0.3, -0.25) is 0 Å². The van der Waals surface area contributed by atoms with Gasteiger partial charge in [0.2, 0.25) is 5.75 Å². The molecule has 3 rings (SSSR count). The highest BCUT2D eigenvalue weighted by molar-refractivity contribution is 5.78. The summed E-state index contributed by atoms with van der Waals surface area (Å²) in [7, 11) is 6.43. The number of rotatable bonds is 8. The number of ether oxygens (including phenoxy) is 4. The zero-order valence-electron chi connectivity index (χ0n) is 16.9. The number of nitrogens with zero attached hydrogens (tertiary/aromatic N) is 1. The average molecular weight is 392 g/mol. The van der Waals surface area contributed by atoms with Crippen molar-refractivity contribution in [3.8, 4) is 23.0 Å². The van der Waals surface area contributed by atoms with Crippen molar-refractivity contribution in [1.82, 2.24) is 4.98 Å². The Morgan fingerprint density at radius 3 is 2.07 bits per heavy atom. The van der Waals surface area contributed by atoms with E-state index in [-0.39, 0.29) is 0 Å². The van der Waals surface area contributed by atoms with Crippen LogP contribution in [0.3, 0.4) is 0 Å². The van der Waals surface area contributed by atoms with E-state index in [4.69, 9.17) is 18.9 Å². The molecular weight excluding hydrogens is 368 g/mol. The summed E-state index contributed by atoms with van der Waals surface area (Å²) in [4.78, 5) is 4.46. The topological polar surface area (TPSA) is 61.8 Å². The second kappa shape index (κ2) is 9.50. The van der Waals surface area contributed by atoms with Crippen molar-refractivity contribution < 1.29 is 18.9 Å². The third-order valence-corrected chi connectivity index (χ3v) is 4.33. The monoisotopic (exact) mass is 392 g/mol. The molecule has 0 unspecified atom stereocenters. The Morgan fingerprint density at radius 2 is 1.48 bits per heavy atom. The predicted molar refractivity (Wildman–Crippen MR) is 116 cm³/mol. The number of hydrogen-bond acceptors (Lipinski definition) is 6. The molecule has 0 aliphatic rings. The lowest BCUT2D eigenvalue weighted by atomic mass is 10.1. The lowest BCUT2D eigenvalue weighted by molar-refractivity contribution is 0.324. The van der Waals surface area contributed by atoms with Crippen molar-refractivity contribution in [2.75, 3.05) is 33.8 Å². The molecule has 0 aliphatic carbocycles. The van der Waals surface area contributed by atoms with E-state index in [0.29, 0.717) is 17.2 Å².